The molecule has 3 nitrogen and oxygen atoms in total. The molecule has 0 aliphatic carbocycles. The van der Waals surface area contributed by atoms with Gasteiger partial charge in [-0.25, -0.2) is 4.39 Å². The van der Waals surface area contributed by atoms with E-state index in [-0.39, 0.29) is 11.9 Å². The number of hydrogen-bond donors (Lipinski definition) is 2. The van der Waals surface area contributed by atoms with Crippen LogP contribution in [0.2, 0.25) is 0 Å². The Balaban J connectivity index is 2.97. The van der Waals surface area contributed by atoms with Crippen LogP contribution in [-0.2, 0) is 0 Å². The maximum atomic E-state index is 13.5. The highest BCUT2D eigenvalue weighted by atomic mass is 19.1. The Hall–Kier alpha value is -1.45. The molecule has 84 valence electrons. The van der Waals surface area contributed by atoms with Crippen molar-refractivity contribution in [3.63, 3.8) is 0 Å². The molecule has 0 bridgehead atoms. The van der Waals surface area contributed by atoms with Crippen LogP contribution in [0.1, 0.15) is 20.3 Å². The van der Waals surface area contributed by atoms with Crippen molar-refractivity contribution in [3.8, 4) is 5.75 Å². The first-order valence-electron chi connectivity index (χ1n) is 4.98. The molecule has 4 heteroatoms. The highest BCUT2D eigenvalue weighted by molar-refractivity contribution is 5.62. The van der Waals surface area contributed by atoms with E-state index in [0.717, 1.165) is 6.42 Å². The van der Waals surface area contributed by atoms with Crippen LogP contribution < -0.4 is 15.8 Å². The van der Waals surface area contributed by atoms with Gasteiger partial charge in [0.1, 0.15) is 11.6 Å². The Labute approximate surface area is 89.4 Å². The van der Waals surface area contributed by atoms with Crippen molar-refractivity contribution >= 4 is 11.4 Å². The van der Waals surface area contributed by atoms with E-state index < -0.39 is 0 Å². The van der Waals surface area contributed by atoms with Gasteiger partial charge in [0.05, 0.1) is 18.5 Å². The van der Waals surface area contributed by atoms with Gasteiger partial charge in [0.25, 0.3) is 0 Å². The number of nitrogens with two attached hydrogens (primary N) is 1. The summed E-state index contributed by atoms with van der Waals surface area (Å²) in [6.07, 6.45) is 0.923. The second kappa shape index (κ2) is 4.87. The minimum atomic E-state index is -0.353. The van der Waals surface area contributed by atoms with Crippen molar-refractivity contribution in [1.82, 2.24) is 0 Å². The topological polar surface area (TPSA) is 47.3 Å². The summed E-state index contributed by atoms with van der Waals surface area (Å²) in [6, 6.07) is 3.06. The predicted molar refractivity (Wildman–Crippen MR) is 60.7 cm³/mol. The van der Waals surface area contributed by atoms with E-state index in [1.807, 2.05) is 13.8 Å². The number of methoxy groups -OCH3 is 1. The summed E-state index contributed by atoms with van der Waals surface area (Å²) in [5.41, 5.74) is 6.31. The number of rotatable bonds is 4. The van der Waals surface area contributed by atoms with Gasteiger partial charge in [-0.2, -0.15) is 0 Å². The molecule has 0 saturated carbocycles. The molecular formula is C11H17FN2O. The second-order valence-electron chi connectivity index (χ2n) is 3.53. The molecule has 1 unspecified atom stereocenters. The Morgan fingerprint density at radius 2 is 2.20 bits per heavy atom. The third-order valence-electron chi connectivity index (χ3n) is 2.33. The fourth-order valence-electron chi connectivity index (χ4n) is 1.22. The zero-order chi connectivity index (χ0) is 11.4. The highest BCUT2D eigenvalue weighted by Gasteiger charge is 2.09. The zero-order valence-corrected chi connectivity index (χ0v) is 9.30. The summed E-state index contributed by atoms with van der Waals surface area (Å²) in [5, 5.41) is 3.05. The monoisotopic (exact) mass is 212 g/mol. The van der Waals surface area contributed by atoms with Gasteiger partial charge in [-0.05, 0) is 13.3 Å². The van der Waals surface area contributed by atoms with Gasteiger partial charge in [0.15, 0.2) is 0 Å². The quantitative estimate of drug-likeness (QED) is 0.754. The SMILES string of the molecule is CCC(C)Nc1cc(OC)c(N)cc1F. The molecule has 1 atom stereocenters. The summed E-state index contributed by atoms with van der Waals surface area (Å²) < 4.78 is 18.5. The summed E-state index contributed by atoms with van der Waals surface area (Å²) in [4.78, 5) is 0. The molecule has 3 N–H and O–H groups in total. The third-order valence-corrected chi connectivity index (χ3v) is 2.33. The lowest BCUT2D eigenvalue weighted by molar-refractivity contribution is 0.416. The van der Waals surface area contributed by atoms with Crippen LogP contribution in [0.3, 0.4) is 0 Å². The van der Waals surface area contributed by atoms with E-state index in [0.29, 0.717) is 17.1 Å². The van der Waals surface area contributed by atoms with Crippen LogP contribution in [0, 0.1) is 5.82 Å². The maximum absolute atomic E-state index is 13.5. The molecular weight excluding hydrogens is 195 g/mol. The Morgan fingerprint density at radius 1 is 1.53 bits per heavy atom. The first-order chi connectivity index (χ1) is 7.08. The van der Waals surface area contributed by atoms with E-state index in [1.54, 1.807) is 6.07 Å². The number of nitrogens with one attached hydrogen (secondary N) is 1. The minimum Gasteiger partial charge on any atom is -0.495 e. The van der Waals surface area contributed by atoms with Gasteiger partial charge in [-0.1, -0.05) is 6.92 Å². The fraction of sp³-hybridized carbons (Fsp3) is 0.455. The molecule has 0 saturated heterocycles. The normalized spacial score (nSPS) is 12.3. The van der Waals surface area contributed by atoms with Crippen LogP contribution in [0.25, 0.3) is 0 Å². The average Bonchev–Trinajstić information content (AvgIpc) is 2.21. The number of halogens is 1. The number of anilines is 2. The van der Waals surface area contributed by atoms with Crippen LogP contribution >= 0.6 is 0 Å². The number of benzene rings is 1. The van der Waals surface area contributed by atoms with E-state index in [1.165, 1.54) is 13.2 Å². The largest absolute Gasteiger partial charge is 0.495 e. The van der Waals surface area contributed by atoms with E-state index >= 15 is 0 Å². The van der Waals surface area contributed by atoms with Crippen molar-refractivity contribution in [1.29, 1.82) is 0 Å². The lowest BCUT2D eigenvalue weighted by Gasteiger charge is -2.15. The lowest BCUT2D eigenvalue weighted by Crippen LogP contribution is -2.14. The first kappa shape index (κ1) is 11.6. The molecule has 1 aromatic carbocycles. The third kappa shape index (κ3) is 2.75. The second-order valence-corrected chi connectivity index (χ2v) is 3.53. The van der Waals surface area contributed by atoms with Gasteiger partial charge in [-0.3, -0.25) is 0 Å². The molecule has 0 fully saturated rings. The van der Waals surface area contributed by atoms with E-state index in [9.17, 15) is 4.39 Å². The molecule has 15 heavy (non-hydrogen) atoms. The minimum absolute atomic E-state index is 0.216. The summed E-state index contributed by atoms with van der Waals surface area (Å²) >= 11 is 0. The summed E-state index contributed by atoms with van der Waals surface area (Å²) in [5.74, 6) is 0.135. The first-order valence-corrected chi connectivity index (χ1v) is 4.98. The average molecular weight is 212 g/mol. The van der Waals surface area contributed by atoms with E-state index in [2.05, 4.69) is 5.32 Å². The lowest BCUT2D eigenvalue weighted by atomic mass is 10.2. The Bertz CT molecular complexity index is 342. The molecule has 0 amide bonds. The van der Waals surface area contributed by atoms with Crippen molar-refractivity contribution in [2.24, 2.45) is 0 Å². The molecule has 0 radical (unpaired) electrons. The summed E-state index contributed by atoms with van der Waals surface area (Å²) in [7, 11) is 1.51. The van der Waals surface area contributed by atoms with Crippen LogP contribution in [0.5, 0.6) is 5.75 Å². The molecule has 0 aliphatic rings. The fourth-order valence-corrected chi connectivity index (χ4v) is 1.22. The van der Waals surface area contributed by atoms with Crippen LogP contribution in [-0.4, -0.2) is 13.2 Å². The van der Waals surface area contributed by atoms with E-state index in [4.69, 9.17) is 10.5 Å². The molecule has 0 spiro atoms. The van der Waals surface area contributed by atoms with Crippen molar-refractivity contribution < 1.29 is 9.13 Å². The van der Waals surface area contributed by atoms with Crippen LogP contribution in [0.4, 0.5) is 15.8 Å². The van der Waals surface area contributed by atoms with Gasteiger partial charge in [0.2, 0.25) is 0 Å². The van der Waals surface area contributed by atoms with Crippen molar-refractivity contribution in [2.45, 2.75) is 26.3 Å². The van der Waals surface area contributed by atoms with Gasteiger partial charge in [0, 0.05) is 18.2 Å². The van der Waals surface area contributed by atoms with Gasteiger partial charge in [-0.15, -0.1) is 0 Å². The molecule has 0 aromatic heterocycles. The van der Waals surface area contributed by atoms with Crippen molar-refractivity contribution in [2.75, 3.05) is 18.2 Å². The van der Waals surface area contributed by atoms with Crippen molar-refractivity contribution in [3.05, 3.63) is 17.9 Å². The number of ether oxygens (including phenoxy) is 1. The summed E-state index contributed by atoms with van der Waals surface area (Å²) in [6.45, 7) is 4.02. The highest BCUT2D eigenvalue weighted by Crippen LogP contribution is 2.28. The van der Waals surface area contributed by atoms with Gasteiger partial charge < -0.3 is 15.8 Å². The number of hydrogen-bond acceptors (Lipinski definition) is 3. The molecule has 0 aliphatic heterocycles. The van der Waals surface area contributed by atoms with Gasteiger partial charge >= 0.3 is 0 Å². The standard InChI is InChI=1S/C11H17FN2O/c1-4-7(2)14-10-6-11(15-3)9(13)5-8(10)12/h5-7,14H,4,13H2,1-3H3. The zero-order valence-electron chi connectivity index (χ0n) is 9.30. The molecule has 1 rings (SSSR count). The smallest absolute Gasteiger partial charge is 0.148 e. The Kier molecular flexibility index (Phi) is 3.77. The maximum Gasteiger partial charge on any atom is 0.148 e. The Morgan fingerprint density at radius 3 is 2.73 bits per heavy atom. The predicted octanol–water partition coefficient (Wildman–Crippen LogP) is 2.63. The molecule has 0 heterocycles. The molecule has 1 aromatic rings. The number of nitrogen functional groups attached to an aromatic ring is 1. The van der Waals surface area contributed by atoms with Crippen LogP contribution in [0.15, 0.2) is 12.1 Å².